The number of esters is 6. The number of rotatable bonds is 17. The van der Waals surface area contributed by atoms with Crippen LogP contribution in [-0.4, -0.2) is 95.3 Å². The Hall–Kier alpha value is -3.86. The van der Waals surface area contributed by atoms with Gasteiger partial charge in [-0.25, -0.2) is 0 Å². The van der Waals surface area contributed by atoms with Crippen LogP contribution in [0.25, 0.3) is 0 Å². The van der Waals surface area contributed by atoms with Gasteiger partial charge in [0.15, 0.2) is 23.0 Å². The topological polar surface area (TPSA) is 158 Å². The normalized spacial score (nSPS) is 26.8. The van der Waals surface area contributed by atoms with Crippen molar-refractivity contribution >= 4 is 35.8 Å². The predicted molar refractivity (Wildman–Crippen MR) is 217 cm³/mol. The van der Waals surface area contributed by atoms with Crippen LogP contribution in [0.5, 0.6) is 23.0 Å². The first-order chi connectivity index (χ1) is 28.7. The number of carbonyl (C=O) groups is 6. The fourth-order valence-corrected chi connectivity index (χ4v) is 9.98. The highest BCUT2D eigenvalue weighted by molar-refractivity contribution is 5.78. The quantitative estimate of drug-likeness (QED) is 0.125. The van der Waals surface area contributed by atoms with Gasteiger partial charge in [0, 0.05) is 88.2 Å². The minimum Gasteiger partial charge on any atom is -1.00 e. The van der Waals surface area contributed by atoms with Crippen molar-refractivity contribution in [3.8, 4) is 23.0 Å². The van der Waals surface area contributed by atoms with E-state index in [1.807, 2.05) is 12.1 Å². The van der Waals surface area contributed by atoms with Crippen molar-refractivity contribution in [3.05, 3.63) is 47.5 Å². The van der Waals surface area contributed by atoms with Crippen LogP contribution >= 0.6 is 0 Å². The minimum absolute atomic E-state index is 0. The molecule has 6 rings (SSSR count). The van der Waals surface area contributed by atoms with Gasteiger partial charge < -0.3 is 71.4 Å². The van der Waals surface area contributed by atoms with Crippen molar-refractivity contribution in [3.63, 3.8) is 0 Å². The number of hydrogen-bond acceptors (Lipinski definition) is 12. The van der Waals surface area contributed by atoms with E-state index < -0.39 is 23.9 Å². The maximum Gasteiger partial charge on any atom is 0.311 e. The van der Waals surface area contributed by atoms with E-state index in [0.29, 0.717) is 13.1 Å². The van der Waals surface area contributed by atoms with Gasteiger partial charge in [-0.3, -0.25) is 28.8 Å². The number of benzene rings is 2. The maximum atomic E-state index is 13.1. The first kappa shape index (κ1) is 50.8. The lowest BCUT2D eigenvalue weighted by Crippen LogP contribution is -3.00. The highest BCUT2D eigenvalue weighted by Crippen LogP contribution is 2.46. The summed E-state index contributed by atoms with van der Waals surface area (Å²) in [4.78, 5) is 74.5. The van der Waals surface area contributed by atoms with Crippen molar-refractivity contribution < 1.29 is 100 Å². The summed E-state index contributed by atoms with van der Waals surface area (Å²) >= 11 is 0. The zero-order valence-corrected chi connectivity index (χ0v) is 40.0. The van der Waals surface area contributed by atoms with E-state index in [4.69, 9.17) is 28.4 Å². The van der Waals surface area contributed by atoms with E-state index in [1.165, 1.54) is 0 Å². The number of nitrogens with zero attached hydrogens (tertiary/aromatic N) is 2. The molecular formula is C46H62Br2N2O12. The fraction of sp³-hybridized carbons (Fsp3) is 0.609. The van der Waals surface area contributed by atoms with Crippen LogP contribution in [0, 0.1) is 0 Å². The van der Waals surface area contributed by atoms with Gasteiger partial charge >= 0.3 is 35.8 Å². The number of fused-ring (bicyclic) bond motifs is 4. The average Bonchev–Trinajstić information content (AvgIpc) is 3.44. The molecule has 4 heterocycles. The van der Waals surface area contributed by atoms with E-state index in [9.17, 15) is 28.8 Å². The van der Waals surface area contributed by atoms with Crippen molar-refractivity contribution in [2.75, 3.05) is 14.1 Å². The molecule has 0 amide bonds. The van der Waals surface area contributed by atoms with Gasteiger partial charge in [-0.2, -0.15) is 0 Å². The Bertz CT molecular complexity index is 1790. The van der Waals surface area contributed by atoms with Crippen LogP contribution in [0.2, 0.25) is 0 Å². The molecule has 8 atom stereocenters. The zero-order valence-electron chi connectivity index (χ0n) is 36.8. The van der Waals surface area contributed by atoms with Crippen LogP contribution in [-0.2, 0) is 51.3 Å². The Morgan fingerprint density at radius 2 is 0.758 bits per heavy atom. The lowest BCUT2D eigenvalue weighted by atomic mass is 9.95. The lowest BCUT2D eigenvalue weighted by molar-refractivity contribution is -0.961. The summed E-state index contributed by atoms with van der Waals surface area (Å²) < 4.78 is 35.4. The van der Waals surface area contributed by atoms with Gasteiger partial charge in [-0.1, -0.05) is 27.7 Å². The van der Waals surface area contributed by atoms with Gasteiger partial charge in [0.2, 0.25) is 0 Å². The summed E-state index contributed by atoms with van der Waals surface area (Å²) in [6.45, 7) is 8.19. The number of piperidine rings is 2. The Kier molecular flexibility index (Phi) is 18.2. The second-order valence-corrected chi connectivity index (χ2v) is 17.3. The summed E-state index contributed by atoms with van der Waals surface area (Å²) in [6, 6.07) is 11.8. The standard InChI is InChI=1S/C46H62N2O12.2BrH/c1-7-41(49)57-37-17-11-29(21-39(37)59-43(51)9-3)27-47(5)31-13-14-32(47)24-35(23-31)55-45(53)19-20-46(54)56-36-25-33-15-16-34(26-36)48(33,6)28-30-12-18-38(58-42(50)8-2)40(22-30)60-44(52)10-4;;/h11-12,17-18,21-22,31-36H,7-10,13-16,19-20,23-28H2,1-6H3;2*1H/q+2;;/p-2/t31-,32+,33-,34+,35?,36?,47?,48?;;. The van der Waals surface area contributed by atoms with Gasteiger partial charge in [-0.05, 0) is 36.4 Å². The molecule has 4 aliphatic heterocycles. The Balaban J connectivity index is 0.00000422. The summed E-state index contributed by atoms with van der Waals surface area (Å²) in [7, 11) is 4.46. The number of ether oxygens (including phenoxy) is 6. The molecule has 0 N–H and O–H groups in total. The molecule has 0 spiro atoms. The summed E-state index contributed by atoms with van der Waals surface area (Å²) in [5.41, 5.74) is 1.92. The predicted octanol–water partition coefficient (Wildman–Crippen LogP) is 0.803. The molecule has 4 unspecified atom stereocenters. The Labute approximate surface area is 385 Å². The molecule has 0 aliphatic carbocycles. The molecular weight excluding hydrogens is 932 g/mol. The van der Waals surface area contributed by atoms with Crippen molar-refractivity contribution in [1.29, 1.82) is 0 Å². The number of hydrogen-bond donors (Lipinski definition) is 0. The summed E-state index contributed by atoms with van der Waals surface area (Å²) in [6.07, 6.45) is 7.14. The molecule has 342 valence electrons. The largest absolute Gasteiger partial charge is 1.00 e. The third-order valence-electron chi connectivity index (χ3n) is 13.4. The maximum absolute atomic E-state index is 13.1. The fourth-order valence-electron chi connectivity index (χ4n) is 9.98. The highest BCUT2D eigenvalue weighted by atomic mass is 79.9. The molecule has 14 nitrogen and oxygen atoms in total. The lowest BCUT2D eigenvalue weighted by Gasteiger charge is -2.47. The minimum atomic E-state index is -0.413. The van der Waals surface area contributed by atoms with Crippen LogP contribution in [0.3, 0.4) is 0 Å². The second-order valence-electron chi connectivity index (χ2n) is 17.3. The summed E-state index contributed by atoms with van der Waals surface area (Å²) in [5, 5.41) is 0. The average molecular weight is 995 g/mol. The van der Waals surface area contributed by atoms with Crippen LogP contribution < -0.4 is 52.9 Å². The molecule has 4 saturated heterocycles. The SMILES string of the molecule is CCC(=O)Oc1ccc(C[N+]2(C)[C@@H]3CC[C@H]2CC(OC(=O)CCC(=O)OC2C[C@H]4CC[C@@H](C2)[N+]4(C)Cc2ccc(OC(=O)CC)c(OC(=O)CC)c2)C3)cc1OC(=O)CC.[Br-].[Br-]. The second kappa shape index (κ2) is 22.2. The van der Waals surface area contributed by atoms with Crippen molar-refractivity contribution in [1.82, 2.24) is 0 Å². The molecule has 0 saturated carbocycles. The molecule has 0 aromatic heterocycles. The monoisotopic (exact) mass is 992 g/mol. The Morgan fingerprint density at radius 3 is 1.05 bits per heavy atom. The molecule has 16 heteroatoms. The van der Waals surface area contributed by atoms with Crippen LogP contribution in [0.15, 0.2) is 36.4 Å². The van der Waals surface area contributed by atoms with Crippen molar-refractivity contribution in [2.45, 2.75) is 167 Å². The van der Waals surface area contributed by atoms with Crippen molar-refractivity contribution in [2.24, 2.45) is 0 Å². The van der Waals surface area contributed by atoms with Gasteiger partial charge in [0.1, 0.15) is 25.3 Å². The molecule has 4 bridgehead atoms. The van der Waals surface area contributed by atoms with E-state index in [-0.39, 0.29) is 144 Å². The number of quaternary nitrogens is 2. The molecule has 2 aromatic carbocycles. The molecule has 4 fully saturated rings. The van der Waals surface area contributed by atoms with Gasteiger partial charge in [0.05, 0.1) is 51.1 Å². The van der Waals surface area contributed by atoms with E-state index in [2.05, 4.69) is 14.1 Å². The van der Waals surface area contributed by atoms with E-state index in [1.54, 1.807) is 52.0 Å². The third-order valence-corrected chi connectivity index (χ3v) is 13.4. The van der Waals surface area contributed by atoms with Gasteiger partial charge in [-0.15, -0.1) is 0 Å². The summed E-state index contributed by atoms with van der Waals surface area (Å²) in [5.74, 6) is -1.51. The van der Waals surface area contributed by atoms with Crippen LogP contribution in [0.4, 0.5) is 0 Å². The van der Waals surface area contributed by atoms with Gasteiger partial charge in [0.25, 0.3) is 0 Å². The first-order valence-electron chi connectivity index (χ1n) is 21.8. The Morgan fingerprint density at radius 1 is 0.468 bits per heavy atom. The zero-order chi connectivity index (χ0) is 43.2. The molecule has 62 heavy (non-hydrogen) atoms. The van der Waals surface area contributed by atoms with Crippen LogP contribution in [0.1, 0.15) is 129 Å². The number of halogens is 2. The highest BCUT2D eigenvalue weighted by Gasteiger charge is 2.54. The molecule has 4 aliphatic rings. The first-order valence-corrected chi connectivity index (χ1v) is 21.8. The van der Waals surface area contributed by atoms with E-state index >= 15 is 0 Å². The smallest absolute Gasteiger partial charge is 0.311 e. The number of carbonyl (C=O) groups excluding carboxylic acids is 6. The van der Waals surface area contributed by atoms with E-state index in [0.717, 1.165) is 71.5 Å². The molecule has 2 aromatic rings. The molecule has 0 radical (unpaired) electrons. The third kappa shape index (κ3) is 12.0.